The average Bonchev–Trinajstić information content (AvgIpc) is 2.71. The van der Waals surface area contributed by atoms with Crippen LogP contribution in [0.15, 0.2) is 29.1 Å². The van der Waals surface area contributed by atoms with Gasteiger partial charge in [0.1, 0.15) is 0 Å². The van der Waals surface area contributed by atoms with Gasteiger partial charge < -0.3 is 5.73 Å². The van der Waals surface area contributed by atoms with E-state index in [0.717, 1.165) is 17.7 Å². The molecule has 1 heterocycles. The molecule has 0 radical (unpaired) electrons. The SMILES string of the molecule is CCC(N)c1n[nH]c(=O)n1-c1ccc(C)cc1. The standard InChI is InChI=1S/C12H16N4O/c1-3-10(13)11-14-15-12(17)16(11)9-6-4-8(2)5-7-9/h4-7,10H,3,13H2,1-2H3,(H,15,17). The van der Waals surface area contributed by atoms with Crippen molar-refractivity contribution in [1.29, 1.82) is 0 Å². The predicted octanol–water partition coefficient (Wildman–Crippen LogP) is 1.28. The van der Waals surface area contributed by atoms with Gasteiger partial charge in [-0.15, -0.1) is 0 Å². The molecule has 0 saturated carbocycles. The van der Waals surface area contributed by atoms with Crippen molar-refractivity contribution in [2.24, 2.45) is 5.73 Å². The number of nitrogens with zero attached hydrogens (tertiary/aromatic N) is 2. The summed E-state index contributed by atoms with van der Waals surface area (Å²) in [5.74, 6) is 0.571. The summed E-state index contributed by atoms with van der Waals surface area (Å²) in [6, 6.07) is 7.44. The monoisotopic (exact) mass is 232 g/mol. The number of nitrogens with one attached hydrogen (secondary N) is 1. The fraction of sp³-hybridized carbons (Fsp3) is 0.333. The Balaban J connectivity index is 2.54. The van der Waals surface area contributed by atoms with E-state index in [2.05, 4.69) is 10.2 Å². The lowest BCUT2D eigenvalue weighted by Gasteiger charge is -2.10. The van der Waals surface area contributed by atoms with Crippen LogP contribution in [0.4, 0.5) is 0 Å². The molecule has 17 heavy (non-hydrogen) atoms. The molecule has 0 aliphatic rings. The largest absolute Gasteiger partial charge is 0.347 e. The quantitative estimate of drug-likeness (QED) is 0.836. The minimum atomic E-state index is -0.257. The predicted molar refractivity (Wildman–Crippen MR) is 66.1 cm³/mol. The molecule has 2 rings (SSSR count). The first-order valence-corrected chi connectivity index (χ1v) is 5.63. The number of hydrogen-bond acceptors (Lipinski definition) is 3. The van der Waals surface area contributed by atoms with Crippen molar-refractivity contribution in [3.63, 3.8) is 0 Å². The lowest BCUT2D eigenvalue weighted by atomic mass is 10.2. The normalized spacial score (nSPS) is 12.6. The van der Waals surface area contributed by atoms with Gasteiger partial charge in [-0.2, -0.15) is 5.10 Å². The van der Waals surface area contributed by atoms with E-state index in [0.29, 0.717) is 5.82 Å². The van der Waals surface area contributed by atoms with Crippen molar-refractivity contribution in [3.05, 3.63) is 46.1 Å². The Labute approximate surface area is 99.3 Å². The van der Waals surface area contributed by atoms with Crippen LogP contribution in [0.3, 0.4) is 0 Å². The summed E-state index contributed by atoms with van der Waals surface area (Å²) in [4.78, 5) is 11.7. The van der Waals surface area contributed by atoms with Crippen molar-refractivity contribution >= 4 is 0 Å². The maximum absolute atomic E-state index is 11.7. The number of aromatic nitrogens is 3. The lowest BCUT2D eigenvalue weighted by molar-refractivity contribution is 0.631. The number of aryl methyl sites for hydroxylation is 1. The molecule has 2 aromatic rings. The molecule has 3 N–H and O–H groups in total. The van der Waals surface area contributed by atoms with Gasteiger partial charge in [0.15, 0.2) is 5.82 Å². The molecular formula is C12H16N4O. The summed E-state index contributed by atoms with van der Waals surface area (Å²) in [6.45, 7) is 3.96. The second-order valence-corrected chi connectivity index (χ2v) is 4.07. The van der Waals surface area contributed by atoms with Crippen LogP contribution in [0.1, 0.15) is 30.8 Å². The lowest BCUT2D eigenvalue weighted by Crippen LogP contribution is -2.21. The molecule has 1 aromatic heterocycles. The molecule has 5 nitrogen and oxygen atoms in total. The first-order valence-electron chi connectivity index (χ1n) is 5.63. The molecule has 1 atom stereocenters. The second-order valence-electron chi connectivity index (χ2n) is 4.07. The summed E-state index contributed by atoms with van der Waals surface area (Å²) in [6.07, 6.45) is 0.732. The van der Waals surface area contributed by atoms with Gasteiger partial charge in [-0.1, -0.05) is 24.6 Å². The Kier molecular flexibility index (Phi) is 3.10. The summed E-state index contributed by atoms with van der Waals surface area (Å²) < 4.78 is 1.52. The summed E-state index contributed by atoms with van der Waals surface area (Å²) in [5, 5.41) is 6.43. The zero-order valence-corrected chi connectivity index (χ0v) is 9.97. The van der Waals surface area contributed by atoms with Crippen LogP contribution in [0, 0.1) is 6.92 Å². The second kappa shape index (κ2) is 4.55. The number of hydrogen-bond donors (Lipinski definition) is 2. The van der Waals surface area contributed by atoms with E-state index in [4.69, 9.17) is 5.73 Å². The molecule has 1 aromatic carbocycles. The van der Waals surface area contributed by atoms with Crippen molar-refractivity contribution in [2.75, 3.05) is 0 Å². The van der Waals surface area contributed by atoms with E-state index >= 15 is 0 Å². The number of rotatable bonds is 3. The van der Waals surface area contributed by atoms with Gasteiger partial charge in [-0.3, -0.25) is 0 Å². The molecule has 0 aliphatic carbocycles. The molecule has 0 fully saturated rings. The Morgan fingerprint density at radius 2 is 2.06 bits per heavy atom. The summed E-state index contributed by atoms with van der Waals surface area (Å²) in [7, 11) is 0. The molecule has 0 spiro atoms. The van der Waals surface area contributed by atoms with E-state index in [1.807, 2.05) is 38.1 Å². The molecule has 0 amide bonds. The van der Waals surface area contributed by atoms with Crippen molar-refractivity contribution in [2.45, 2.75) is 26.3 Å². The number of H-pyrrole nitrogens is 1. The highest BCUT2D eigenvalue weighted by Crippen LogP contribution is 2.14. The zero-order chi connectivity index (χ0) is 12.4. The Bertz CT molecular complexity index is 553. The fourth-order valence-corrected chi connectivity index (χ4v) is 1.68. The van der Waals surface area contributed by atoms with Gasteiger partial charge in [-0.25, -0.2) is 14.5 Å². The Morgan fingerprint density at radius 3 is 2.65 bits per heavy atom. The minimum absolute atomic E-state index is 0.241. The molecule has 90 valence electrons. The van der Waals surface area contributed by atoms with Gasteiger partial charge in [0.05, 0.1) is 11.7 Å². The fourth-order valence-electron chi connectivity index (χ4n) is 1.68. The van der Waals surface area contributed by atoms with E-state index in [9.17, 15) is 4.79 Å². The van der Waals surface area contributed by atoms with Crippen LogP contribution < -0.4 is 11.4 Å². The van der Waals surface area contributed by atoms with Crippen LogP contribution in [0.5, 0.6) is 0 Å². The summed E-state index contributed by atoms with van der Waals surface area (Å²) in [5.41, 5.74) is 7.61. The molecular weight excluding hydrogens is 216 g/mol. The molecule has 5 heteroatoms. The highest BCUT2D eigenvalue weighted by Gasteiger charge is 2.15. The Hall–Kier alpha value is -1.88. The minimum Gasteiger partial charge on any atom is -0.321 e. The van der Waals surface area contributed by atoms with E-state index < -0.39 is 0 Å². The Morgan fingerprint density at radius 1 is 1.41 bits per heavy atom. The third kappa shape index (κ3) is 2.14. The third-order valence-electron chi connectivity index (χ3n) is 2.76. The number of aromatic amines is 1. The van der Waals surface area contributed by atoms with Crippen LogP contribution in [-0.2, 0) is 0 Å². The van der Waals surface area contributed by atoms with E-state index in [1.165, 1.54) is 4.57 Å². The molecule has 0 bridgehead atoms. The summed E-state index contributed by atoms with van der Waals surface area (Å²) >= 11 is 0. The number of nitrogens with two attached hydrogens (primary N) is 1. The van der Waals surface area contributed by atoms with Crippen LogP contribution in [-0.4, -0.2) is 14.8 Å². The van der Waals surface area contributed by atoms with Crippen molar-refractivity contribution in [1.82, 2.24) is 14.8 Å². The first-order chi connectivity index (χ1) is 8.13. The van der Waals surface area contributed by atoms with Crippen molar-refractivity contribution < 1.29 is 0 Å². The highest BCUT2D eigenvalue weighted by atomic mass is 16.1. The van der Waals surface area contributed by atoms with E-state index in [1.54, 1.807) is 0 Å². The van der Waals surface area contributed by atoms with Gasteiger partial charge in [0.2, 0.25) is 0 Å². The average molecular weight is 232 g/mol. The first kappa shape index (κ1) is 11.6. The van der Waals surface area contributed by atoms with Gasteiger partial charge >= 0.3 is 5.69 Å². The van der Waals surface area contributed by atoms with Crippen LogP contribution >= 0.6 is 0 Å². The molecule has 1 unspecified atom stereocenters. The number of benzene rings is 1. The molecule has 0 saturated heterocycles. The van der Waals surface area contributed by atoms with Crippen LogP contribution in [0.25, 0.3) is 5.69 Å². The zero-order valence-electron chi connectivity index (χ0n) is 9.97. The van der Waals surface area contributed by atoms with Crippen LogP contribution in [0.2, 0.25) is 0 Å². The van der Waals surface area contributed by atoms with E-state index in [-0.39, 0.29) is 11.7 Å². The smallest absolute Gasteiger partial charge is 0.321 e. The maximum atomic E-state index is 11.7. The van der Waals surface area contributed by atoms with Gasteiger partial charge in [0.25, 0.3) is 0 Å². The molecule has 0 aliphatic heterocycles. The van der Waals surface area contributed by atoms with Gasteiger partial charge in [-0.05, 0) is 25.5 Å². The topological polar surface area (TPSA) is 76.7 Å². The van der Waals surface area contributed by atoms with Crippen molar-refractivity contribution in [3.8, 4) is 5.69 Å². The third-order valence-corrected chi connectivity index (χ3v) is 2.76. The van der Waals surface area contributed by atoms with Gasteiger partial charge in [0, 0.05) is 0 Å². The maximum Gasteiger partial charge on any atom is 0.347 e. The highest BCUT2D eigenvalue weighted by molar-refractivity contribution is 5.35.